The number of anilines is 1. The van der Waals surface area contributed by atoms with Gasteiger partial charge in [0.25, 0.3) is 5.91 Å². The maximum atomic E-state index is 13.3. The van der Waals surface area contributed by atoms with Crippen LogP contribution >= 0.6 is 0 Å². The first-order valence-electron chi connectivity index (χ1n) is 5.64. The van der Waals surface area contributed by atoms with Crippen molar-refractivity contribution in [3.8, 4) is 0 Å². The predicted molar refractivity (Wildman–Crippen MR) is 68.4 cm³/mol. The summed E-state index contributed by atoms with van der Waals surface area (Å²) in [5.74, 6) is -1.50. The summed E-state index contributed by atoms with van der Waals surface area (Å²) in [4.78, 5) is 11.8. The summed E-state index contributed by atoms with van der Waals surface area (Å²) >= 11 is 0. The molecule has 5 heteroatoms. The second kappa shape index (κ2) is 5.48. The summed E-state index contributed by atoms with van der Waals surface area (Å²) in [6.07, 6.45) is 0. The monoisotopic (exact) mass is 262 g/mol. The Bertz CT molecular complexity index is 614. The second-order valence-electron chi connectivity index (χ2n) is 4.01. The molecule has 3 N–H and O–H groups in total. The highest BCUT2D eigenvalue weighted by Gasteiger charge is 2.11. The van der Waals surface area contributed by atoms with Gasteiger partial charge in [0.05, 0.1) is 5.56 Å². The zero-order valence-corrected chi connectivity index (χ0v) is 9.99. The molecule has 0 aliphatic rings. The molecule has 0 unspecified atom stereocenters. The van der Waals surface area contributed by atoms with Crippen LogP contribution in [0.1, 0.15) is 15.9 Å². The highest BCUT2D eigenvalue weighted by atomic mass is 19.1. The smallest absolute Gasteiger partial charge is 0.253 e. The number of hydrogen-bond donors (Lipinski definition) is 2. The van der Waals surface area contributed by atoms with Crippen molar-refractivity contribution in [1.82, 2.24) is 5.32 Å². The lowest BCUT2D eigenvalue weighted by atomic mass is 10.1. The molecule has 0 bridgehead atoms. The molecule has 2 rings (SSSR count). The molecular formula is C14H12F2N2O. The molecule has 0 aliphatic carbocycles. The van der Waals surface area contributed by atoms with Gasteiger partial charge in [-0.15, -0.1) is 0 Å². The topological polar surface area (TPSA) is 55.1 Å². The first-order chi connectivity index (χ1) is 9.08. The second-order valence-corrected chi connectivity index (χ2v) is 4.01. The molecule has 0 saturated carbocycles. The standard InChI is InChI=1S/C14H12F2N2O/c15-10-5-6-13(17)11(7-10)14(19)18-8-9-3-1-2-4-12(9)16/h1-7H,8,17H2,(H,18,19). The van der Waals surface area contributed by atoms with Crippen LogP contribution in [0.5, 0.6) is 0 Å². The highest BCUT2D eigenvalue weighted by Crippen LogP contribution is 2.13. The van der Waals surface area contributed by atoms with E-state index < -0.39 is 17.5 Å². The molecule has 2 aromatic carbocycles. The lowest BCUT2D eigenvalue weighted by Crippen LogP contribution is -2.24. The number of hydrogen-bond acceptors (Lipinski definition) is 2. The van der Waals surface area contributed by atoms with Crippen LogP contribution in [0, 0.1) is 11.6 Å². The minimum absolute atomic E-state index is 0.0153. The maximum absolute atomic E-state index is 13.3. The number of carbonyl (C=O) groups excluding carboxylic acids is 1. The third-order valence-corrected chi connectivity index (χ3v) is 2.66. The van der Waals surface area contributed by atoms with Crippen molar-refractivity contribution in [2.75, 3.05) is 5.73 Å². The van der Waals surface area contributed by atoms with Gasteiger partial charge in [0.2, 0.25) is 0 Å². The summed E-state index contributed by atoms with van der Waals surface area (Å²) < 4.78 is 26.4. The van der Waals surface area contributed by atoms with Crippen LogP contribution in [-0.4, -0.2) is 5.91 Å². The van der Waals surface area contributed by atoms with Crippen LogP contribution in [-0.2, 0) is 6.54 Å². The van der Waals surface area contributed by atoms with Crippen LogP contribution in [0.15, 0.2) is 42.5 Å². The Hall–Kier alpha value is -2.43. The van der Waals surface area contributed by atoms with Crippen LogP contribution in [0.3, 0.4) is 0 Å². The average molecular weight is 262 g/mol. The Labute approximate surface area is 109 Å². The van der Waals surface area contributed by atoms with Gasteiger partial charge >= 0.3 is 0 Å². The number of carbonyl (C=O) groups is 1. The minimum atomic E-state index is -0.551. The number of nitrogens with one attached hydrogen (secondary N) is 1. The van der Waals surface area contributed by atoms with Crippen molar-refractivity contribution in [2.24, 2.45) is 0 Å². The quantitative estimate of drug-likeness (QED) is 0.835. The SMILES string of the molecule is Nc1ccc(F)cc1C(=O)NCc1ccccc1F. The largest absolute Gasteiger partial charge is 0.398 e. The summed E-state index contributed by atoms with van der Waals surface area (Å²) in [6.45, 7) is 0.0153. The van der Waals surface area contributed by atoms with Gasteiger partial charge in [0.15, 0.2) is 0 Å². The molecule has 3 nitrogen and oxygen atoms in total. The van der Waals surface area contributed by atoms with Gasteiger partial charge in [-0.1, -0.05) is 18.2 Å². The molecule has 19 heavy (non-hydrogen) atoms. The number of rotatable bonds is 3. The average Bonchev–Trinajstić information content (AvgIpc) is 2.40. The summed E-state index contributed by atoms with van der Waals surface area (Å²) in [5, 5.41) is 2.50. The fourth-order valence-corrected chi connectivity index (χ4v) is 1.64. The molecule has 2 aromatic rings. The number of halogens is 2. The van der Waals surface area contributed by atoms with Crippen molar-refractivity contribution < 1.29 is 13.6 Å². The Morgan fingerprint density at radius 1 is 1.16 bits per heavy atom. The van der Waals surface area contributed by atoms with E-state index in [1.807, 2.05) is 0 Å². The number of nitrogens with two attached hydrogens (primary N) is 1. The Morgan fingerprint density at radius 3 is 2.63 bits per heavy atom. The van der Waals surface area contributed by atoms with Crippen molar-refractivity contribution >= 4 is 11.6 Å². The van der Waals surface area contributed by atoms with Crippen LogP contribution < -0.4 is 11.1 Å². The van der Waals surface area contributed by atoms with E-state index in [4.69, 9.17) is 5.73 Å². The lowest BCUT2D eigenvalue weighted by molar-refractivity contribution is 0.0951. The first-order valence-corrected chi connectivity index (χ1v) is 5.64. The molecule has 98 valence electrons. The molecule has 0 fully saturated rings. The van der Waals surface area contributed by atoms with Gasteiger partial charge < -0.3 is 11.1 Å². The third kappa shape index (κ3) is 3.07. The predicted octanol–water partition coefficient (Wildman–Crippen LogP) is 2.48. The number of amides is 1. The van der Waals surface area contributed by atoms with E-state index in [9.17, 15) is 13.6 Å². The fraction of sp³-hybridized carbons (Fsp3) is 0.0714. The van der Waals surface area contributed by atoms with Crippen LogP contribution in [0.4, 0.5) is 14.5 Å². The van der Waals surface area contributed by atoms with Gasteiger partial charge in [-0.05, 0) is 24.3 Å². The minimum Gasteiger partial charge on any atom is -0.398 e. The highest BCUT2D eigenvalue weighted by molar-refractivity contribution is 5.99. The first kappa shape index (κ1) is 13.0. The Kier molecular flexibility index (Phi) is 3.75. The summed E-state index contributed by atoms with van der Waals surface area (Å²) in [5.41, 5.74) is 6.15. The summed E-state index contributed by atoms with van der Waals surface area (Å²) in [7, 11) is 0. The number of benzene rings is 2. The van der Waals surface area contributed by atoms with Gasteiger partial charge in [-0.3, -0.25) is 4.79 Å². The summed E-state index contributed by atoms with van der Waals surface area (Å²) in [6, 6.07) is 9.62. The normalized spacial score (nSPS) is 10.2. The van der Waals surface area contributed by atoms with Gasteiger partial charge in [-0.25, -0.2) is 8.78 Å². The molecule has 0 heterocycles. The molecule has 0 saturated heterocycles. The van der Waals surface area contributed by atoms with Gasteiger partial charge in [0.1, 0.15) is 11.6 Å². The Balaban J connectivity index is 2.10. The van der Waals surface area contributed by atoms with E-state index in [-0.39, 0.29) is 17.8 Å². The molecule has 0 atom stereocenters. The van der Waals surface area contributed by atoms with E-state index >= 15 is 0 Å². The van der Waals surface area contributed by atoms with Crippen LogP contribution in [0.25, 0.3) is 0 Å². The van der Waals surface area contributed by atoms with Crippen molar-refractivity contribution in [3.63, 3.8) is 0 Å². The van der Waals surface area contributed by atoms with E-state index in [0.717, 1.165) is 6.07 Å². The molecule has 1 amide bonds. The van der Waals surface area contributed by atoms with E-state index in [1.54, 1.807) is 18.2 Å². The third-order valence-electron chi connectivity index (χ3n) is 2.66. The van der Waals surface area contributed by atoms with E-state index in [1.165, 1.54) is 18.2 Å². The lowest BCUT2D eigenvalue weighted by Gasteiger charge is -2.08. The van der Waals surface area contributed by atoms with Gasteiger partial charge in [0, 0.05) is 17.8 Å². The fourth-order valence-electron chi connectivity index (χ4n) is 1.64. The van der Waals surface area contributed by atoms with Crippen LogP contribution in [0.2, 0.25) is 0 Å². The zero-order valence-electron chi connectivity index (χ0n) is 9.99. The van der Waals surface area contributed by atoms with E-state index in [2.05, 4.69) is 5.32 Å². The molecule has 0 radical (unpaired) electrons. The van der Waals surface area contributed by atoms with E-state index in [0.29, 0.717) is 5.56 Å². The zero-order chi connectivity index (χ0) is 13.8. The van der Waals surface area contributed by atoms with Gasteiger partial charge in [-0.2, -0.15) is 0 Å². The Morgan fingerprint density at radius 2 is 1.89 bits per heavy atom. The molecular weight excluding hydrogens is 250 g/mol. The van der Waals surface area contributed by atoms with Crippen molar-refractivity contribution in [2.45, 2.75) is 6.54 Å². The van der Waals surface area contributed by atoms with Crippen molar-refractivity contribution in [3.05, 3.63) is 65.2 Å². The molecule has 0 spiro atoms. The number of nitrogen functional groups attached to an aromatic ring is 1. The molecule has 0 aliphatic heterocycles. The van der Waals surface area contributed by atoms with Crippen molar-refractivity contribution in [1.29, 1.82) is 0 Å². The maximum Gasteiger partial charge on any atom is 0.253 e. The molecule has 0 aromatic heterocycles.